The molecule has 4 heteroatoms. The van der Waals surface area contributed by atoms with Crippen LogP contribution in [0.1, 0.15) is 42.4 Å². The first-order valence-electron chi connectivity index (χ1n) is 7.75. The van der Waals surface area contributed by atoms with Gasteiger partial charge in [-0.15, -0.1) is 11.3 Å². The lowest BCUT2D eigenvalue weighted by Crippen LogP contribution is -2.54. The van der Waals surface area contributed by atoms with Gasteiger partial charge in [0.1, 0.15) is 0 Å². The summed E-state index contributed by atoms with van der Waals surface area (Å²) in [7, 11) is 0. The highest BCUT2D eigenvalue weighted by Gasteiger charge is 2.35. The lowest BCUT2D eigenvalue weighted by Gasteiger charge is -2.37. The van der Waals surface area contributed by atoms with E-state index in [0.717, 1.165) is 25.8 Å². The third-order valence-electron chi connectivity index (χ3n) is 4.31. The van der Waals surface area contributed by atoms with E-state index in [0.29, 0.717) is 18.0 Å². The largest absolute Gasteiger partial charge is 0.338 e. The minimum Gasteiger partial charge on any atom is -0.338 e. The summed E-state index contributed by atoms with van der Waals surface area (Å²) in [6.07, 6.45) is 5.61. The zero-order chi connectivity index (χ0) is 14.1. The number of thiophene rings is 1. The van der Waals surface area contributed by atoms with Crippen molar-refractivity contribution in [1.29, 1.82) is 0 Å². The molecule has 110 valence electrons. The van der Waals surface area contributed by atoms with Crippen LogP contribution in [0.5, 0.6) is 0 Å². The van der Waals surface area contributed by atoms with Crippen LogP contribution >= 0.6 is 11.3 Å². The van der Waals surface area contributed by atoms with Crippen LogP contribution in [0.3, 0.4) is 0 Å². The first-order chi connectivity index (χ1) is 9.63. The van der Waals surface area contributed by atoms with Crippen molar-refractivity contribution in [2.24, 2.45) is 0 Å². The van der Waals surface area contributed by atoms with Gasteiger partial charge in [-0.1, -0.05) is 0 Å². The van der Waals surface area contributed by atoms with Crippen LogP contribution in [-0.2, 0) is 11.2 Å². The molecule has 2 heterocycles. The Balaban J connectivity index is 1.60. The number of piperidine rings is 1. The van der Waals surface area contributed by atoms with Crippen LogP contribution in [0.25, 0.3) is 0 Å². The Labute approximate surface area is 125 Å². The van der Waals surface area contributed by atoms with Crippen molar-refractivity contribution in [3.05, 3.63) is 21.9 Å². The van der Waals surface area contributed by atoms with Crippen molar-refractivity contribution in [2.45, 2.75) is 64.1 Å². The second-order valence-corrected chi connectivity index (χ2v) is 7.61. The lowest BCUT2D eigenvalue weighted by atomic mass is 10.0. The molecule has 0 spiro atoms. The van der Waals surface area contributed by atoms with Gasteiger partial charge in [0.25, 0.3) is 0 Å². The third kappa shape index (κ3) is 3.23. The Bertz CT molecular complexity index is 481. The molecule has 2 fully saturated rings. The van der Waals surface area contributed by atoms with Crippen LogP contribution in [0.4, 0.5) is 0 Å². The molecule has 20 heavy (non-hydrogen) atoms. The zero-order valence-electron chi connectivity index (χ0n) is 12.4. The highest BCUT2D eigenvalue weighted by molar-refractivity contribution is 7.11. The summed E-state index contributed by atoms with van der Waals surface area (Å²) in [5, 5.41) is 3.51. The Morgan fingerprint density at radius 2 is 2.20 bits per heavy atom. The molecule has 1 aliphatic carbocycles. The van der Waals surface area contributed by atoms with E-state index < -0.39 is 0 Å². The van der Waals surface area contributed by atoms with Gasteiger partial charge in [-0.3, -0.25) is 4.79 Å². The SMILES string of the molecule is Cc1ccc(CC(C)N2CCCC(NC3CC3)C2=O)s1. The molecular formula is C16H24N2OS. The molecular weight excluding hydrogens is 268 g/mol. The molecule has 1 aliphatic heterocycles. The highest BCUT2D eigenvalue weighted by Crippen LogP contribution is 2.24. The molecule has 0 aromatic carbocycles. The molecule has 1 saturated heterocycles. The van der Waals surface area contributed by atoms with Gasteiger partial charge in [0, 0.05) is 34.8 Å². The molecule has 1 amide bonds. The van der Waals surface area contributed by atoms with Crippen LogP contribution in [0.15, 0.2) is 12.1 Å². The van der Waals surface area contributed by atoms with E-state index in [-0.39, 0.29) is 6.04 Å². The van der Waals surface area contributed by atoms with E-state index in [9.17, 15) is 4.79 Å². The van der Waals surface area contributed by atoms with Crippen molar-refractivity contribution >= 4 is 17.2 Å². The third-order valence-corrected chi connectivity index (χ3v) is 5.33. The van der Waals surface area contributed by atoms with Gasteiger partial charge in [-0.25, -0.2) is 0 Å². The lowest BCUT2D eigenvalue weighted by molar-refractivity contribution is -0.138. The maximum atomic E-state index is 12.6. The fourth-order valence-electron chi connectivity index (χ4n) is 3.02. The molecule has 1 aromatic rings. The Morgan fingerprint density at radius 1 is 1.40 bits per heavy atom. The second kappa shape index (κ2) is 5.86. The summed E-state index contributed by atoms with van der Waals surface area (Å²) in [5.74, 6) is 0.323. The molecule has 0 radical (unpaired) electrons. The maximum Gasteiger partial charge on any atom is 0.239 e. The van der Waals surface area contributed by atoms with Gasteiger partial charge in [-0.2, -0.15) is 0 Å². The number of carbonyl (C=O) groups is 1. The van der Waals surface area contributed by atoms with Crippen LogP contribution in [0, 0.1) is 6.92 Å². The fraction of sp³-hybridized carbons (Fsp3) is 0.688. The molecule has 0 bridgehead atoms. The quantitative estimate of drug-likeness (QED) is 0.905. The normalized spacial score (nSPS) is 25.0. The van der Waals surface area contributed by atoms with Crippen LogP contribution in [-0.4, -0.2) is 35.5 Å². The number of carbonyl (C=O) groups excluding carboxylic acids is 1. The number of aryl methyl sites for hydroxylation is 1. The smallest absolute Gasteiger partial charge is 0.239 e. The predicted octanol–water partition coefficient (Wildman–Crippen LogP) is 2.73. The fourth-order valence-corrected chi connectivity index (χ4v) is 4.03. The Hall–Kier alpha value is -0.870. The summed E-state index contributed by atoms with van der Waals surface area (Å²) < 4.78 is 0. The number of amides is 1. The van der Waals surface area contributed by atoms with Crippen molar-refractivity contribution in [3.63, 3.8) is 0 Å². The first kappa shape index (κ1) is 14.1. The second-order valence-electron chi connectivity index (χ2n) is 6.23. The van der Waals surface area contributed by atoms with Gasteiger partial charge in [0.15, 0.2) is 0 Å². The number of hydrogen-bond donors (Lipinski definition) is 1. The summed E-state index contributed by atoms with van der Waals surface area (Å²) in [6.45, 7) is 5.25. The molecule has 1 aromatic heterocycles. The molecule has 2 atom stereocenters. The van der Waals surface area contributed by atoms with Crippen LogP contribution in [0.2, 0.25) is 0 Å². The monoisotopic (exact) mass is 292 g/mol. The average molecular weight is 292 g/mol. The van der Waals surface area contributed by atoms with Crippen molar-refractivity contribution < 1.29 is 4.79 Å². The molecule has 2 aliphatic rings. The van der Waals surface area contributed by atoms with Gasteiger partial charge in [0.2, 0.25) is 5.91 Å². The maximum absolute atomic E-state index is 12.6. The molecule has 1 saturated carbocycles. The van der Waals surface area contributed by atoms with E-state index in [4.69, 9.17) is 0 Å². The summed E-state index contributed by atoms with van der Waals surface area (Å²) in [4.78, 5) is 17.4. The van der Waals surface area contributed by atoms with E-state index in [1.54, 1.807) is 0 Å². The zero-order valence-corrected chi connectivity index (χ0v) is 13.2. The minimum absolute atomic E-state index is 0.0729. The standard InChI is InChI=1S/C16H24N2OS/c1-11(10-14-8-5-12(2)20-14)18-9-3-4-15(16(18)19)17-13-6-7-13/h5,8,11,13,15,17H,3-4,6-7,9-10H2,1-2H3. The average Bonchev–Trinajstić information content (AvgIpc) is 3.14. The summed E-state index contributed by atoms with van der Waals surface area (Å²) in [6, 6.07) is 5.36. The number of nitrogens with zero attached hydrogens (tertiary/aromatic N) is 1. The van der Waals surface area contributed by atoms with Gasteiger partial charge in [0.05, 0.1) is 6.04 Å². The molecule has 1 N–H and O–H groups in total. The van der Waals surface area contributed by atoms with Crippen LogP contribution < -0.4 is 5.32 Å². The van der Waals surface area contributed by atoms with E-state index in [1.165, 1.54) is 22.6 Å². The highest BCUT2D eigenvalue weighted by atomic mass is 32.1. The van der Waals surface area contributed by atoms with E-state index in [1.807, 2.05) is 11.3 Å². The minimum atomic E-state index is 0.0729. The molecule has 3 rings (SSSR count). The molecule has 3 nitrogen and oxygen atoms in total. The van der Waals surface area contributed by atoms with E-state index in [2.05, 4.69) is 36.2 Å². The number of rotatable bonds is 5. The van der Waals surface area contributed by atoms with Gasteiger partial charge >= 0.3 is 0 Å². The van der Waals surface area contributed by atoms with Crippen molar-refractivity contribution in [1.82, 2.24) is 10.2 Å². The van der Waals surface area contributed by atoms with Crippen molar-refractivity contribution in [2.75, 3.05) is 6.54 Å². The summed E-state index contributed by atoms with van der Waals surface area (Å²) in [5.41, 5.74) is 0. The van der Waals surface area contributed by atoms with E-state index >= 15 is 0 Å². The van der Waals surface area contributed by atoms with Crippen molar-refractivity contribution in [3.8, 4) is 0 Å². The number of hydrogen-bond acceptors (Lipinski definition) is 3. The predicted molar refractivity (Wildman–Crippen MR) is 83.1 cm³/mol. The topological polar surface area (TPSA) is 32.3 Å². The first-order valence-corrected chi connectivity index (χ1v) is 8.57. The number of nitrogens with one attached hydrogen (secondary N) is 1. The van der Waals surface area contributed by atoms with Gasteiger partial charge in [-0.05, 0) is 51.7 Å². The van der Waals surface area contributed by atoms with Gasteiger partial charge < -0.3 is 10.2 Å². The number of likely N-dealkylation sites (tertiary alicyclic amines) is 1. The summed E-state index contributed by atoms with van der Waals surface area (Å²) >= 11 is 1.85. The molecule has 2 unspecified atom stereocenters. The Morgan fingerprint density at radius 3 is 2.85 bits per heavy atom. The Kier molecular flexibility index (Phi) is 4.13.